The molecule has 0 aliphatic rings. The van der Waals surface area contributed by atoms with Crippen LogP contribution in [0.4, 0.5) is 26.3 Å². The largest absolute Gasteiger partial charge is 0.366 e. The minimum atomic E-state index is -2.36. The third-order valence-corrected chi connectivity index (χ3v) is 2.73. The summed E-state index contributed by atoms with van der Waals surface area (Å²) in [5, 5.41) is 0. The van der Waals surface area contributed by atoms with Gasteiger partial charge in [-0.3, -0.25) is 4.79 Å². The Morgan fingerprint density at radius 2 is 1.29 bits per heavy atom. The molecule has 0 fully saturated rings. The molecule has 0 saturated heterocycles. The zero-order valence-electron chi connectivity index (χ0n) is 9.99. The van der Waals surface area contributed by atoms with Crippen LogP contribution in [0.25, 0.3) is 11.1 Å². The molecular weight excluding hydrogens is 300 g/mol. The fourth-order valence-electron chi connectivity index (χ4n) is 1.71. The Morgan fingerprint density at radius 1 is 0.810 bits per heavy atom. The first-order valence-corrected chi connectivity index (χ1v) is 5.36. The molecule has 0 aliphatic carbocycles. The fourth-order valence-corrected chi connectivity index (χ4v) is 1.71. The molecule has 110 valence electrons. The van der Waals surface area contributed by atoms with Gasteiger partial charge < -0.3 is 5.73 Å². The first-order valence-electron chi connectivity index (χ1n) is 5.36. The molecule has 1 amide bonds. The van der Waals surface area contributed by atoms with Crippen molar-refractivity contribution in [1.82, 2.24) is 0 Å². The van der Waals surface area contributed by atoms with Crippen LogP contribution in [0.5, 0.6) is 0 Å². The van der Waals surface area contributed by atoms with E-state index in [9.17, 15) is 31.1 Å². The second-order valence-corrected chi connectivity index (χ2v) is 4.00. The summed E-state index contributed by atoms with van der Waals surface area (Å²) in [5.41, 5.74) is 2.14. The molecule has 2 aromatic rings. The summed E-state index contributed by atoms with van der Waals surface area (Å²) in [5.74, 6) is -13.5. The Morgan fingerprint density at radius 3 is 1.76 bits per heavy atom. The van der Waals surface area contributed by atoms with Crippen molar-refractivity contribution in [2.45, 2.75) is 0 Å². The van der Waals surface area contributed by atoms with Gasteiger partial charge in [0.25, 0.3) is 0 Å². The van der Waals surface area contributed by atoms with Crippen molar-refractivity contribution in [3.05, 3.63) is 58.7 Å². The highest BCUT2D eigenvalue weighted by molar-refractivity contribution is 5.94. The highest BCUT2D eigenvalue weighted by Gasteiger charge is 2.28. The lowest BCUT2D eigenvalue weighted by molar-refractivity contribution is 0.100. The summed E-state index contributed by atoms with van der Waals surface area (Å²) in [6.07, 6.45) is 0. The van der Waals surface area contributed by atoms with Gasteiger partial charge >= 0.3 is 0 Å². The van der Waals surface area contributed by atoms with Crippen LogP contribution in [0, 0.1) is 34.9 Å². The summed E-state index contributed by atoms with van der Waals surface area (Å²) in [4.78, 5) is 11.0. The van der Waals surface area contributed by atoms with Gasteiger partial charge in [-0.25, -0.2) is 26.3 Å². The number of nitrogens with two attached hydrogens (primary N) is 1. The number of hydrogen-bond acceptors (Lipinski definition) is 1. The van der Waals surface area contributed by atoms with Crippen molar-refractivity contribution in [3.8, 4) is 11.1 Å². The molecule has 0 aliphatic heterocycles. The number of carbonyl (C=O) groups excluding carboxylic acids is 1. The van der Waals surface area contributed by atoms with Gasteiger partial charge in [0.2, 0.25) is 11.7 Å². The predicted molar refractivity (Wildman–Crippen MR) is 60.1 cm³/mol. The number of benzene rings is 2. The van der Waals surface area contributed by atoms with Crippen LogP contribution in [0.1, 0.15) is 10.4 Å². The second kappa shape index (κ2) is 5.12. The average molecular weight is 305 g/mol. The monoisotopic (exact) mass is 305 g/mol. The molecule has 0 atom stereocenters. The van der Waals surface area contributed by atoms with E-state index in [4.69, 9.17) is 5.73 Å². The fraction of sp³-hybridized carbons (Fsp3) is 0. The number of rotatable bonds is 2. The quantitative estimate of drug-likeness (QED) is 0.516. The summed E-state index contributed by atoms with van der Waals surface area (Å²) < 4.78 is 79.9. The van der Waals surface area contributed by atoms with Gasteiger partial charge in [0.1, 0.15) is 5.82 Å². The lowest BCUT2D eigenvalue weighted by atomic mass is 10.00. The molecule has 0 radical (unpaired) electrons. The molecule has 0 bridgehead atoms. The van der Waals surface area contributed by atoms with Crippen LogP contribution in [0.2, 0.25) is 0 Å². The van der Waals surface area contributed by atoms with E-state index < -0.39 is 51.9 Å². The normalized spacial score (nSPS) is 10.8. The zero-order chi connectivity index (χ0) is 15.9. The van der Waals surface area contributed by atoms with Crippen LogP contribution < -0.4 is 5.73 Å². The van der Waals surface area contributed by atoms with Crippen molar-refractivity contribution >= 4 is 5.91 Å². The van der Waals surface area contributed by atoms with E-state index >= 15 is 0 Å². The van der Waals surface area contributed by atoms with Crippen LogP contribution in [0.15, 0.2) is 18.2 Å². The third kappa shape index (κ3) is 2.32. The smallest absolute Gasteiger partial charge is 0.248 e. The zero-order valence-corrected chi connectivity index (χ0v) is 9.99. The van der Waals surface area contributed by atoms with Crippen LogP contribution in [-0.4, -0.2) is 5.91 Å². The molecule has 2 nitrogen and oxygen atoms in total. The topological polar surface area (TPSA) is 43.1 Å². The lowest BCUT2D eigenvalue weighted by Crippen LogP contribution is -2.12. The molecular formula is C13H5F6NO. The van der Waals surface area contributed by atoms with Gasteiger partial charge in [-0.15, -0.1) is 0 Å². The van der Waals surface area contributed by atoms with Crippen LogP contribution >= 0.6 is 0 Å². The Balaban J connectivity index is 2.85. The van der Waals surface area contributed by atoms with Gasteiger partial charge in [0, 0.05) is 11.1 Å². The van der Waals surface area contributed by atoms with E-state index in [1.165, 1.54) is 0 Å². The van der Waals surface area contributed by atoms with E-state index in [1.807, 2.05) is 0 Å². The number of carbonyl (C=O) groups is 1. The maximum absolute atomic E-state index is 13.6. The van der Waals surface area contributed by atoms with Gasteiger partial charge in [-0.2, -0.15) is 0 Å². The maximum atomic E-state index is 13.6. The molecule has 8 heteroatoms. The van der Waals surface area contributed by atoms with Crippen LogP contribution in [0.3, 0.4) is 0 Å². The van der Waals surface area contributed by atoms with E-state index in [2.05, 4.69) is 0 Å². The lowest BCUT2D eigenvalue weighted by Gasteiger charge is -2.10. The maximum Gasteiger partial charge on any atom is 0.248 e. The van der Waals surface area contributed by atoms with E-state index in [0.29, 0.717) is 12.1 Å². The molecule has 2 aromatic carbocycles. The van der Waals surface area contributed by atoms with Gasteiger partial charge in [-0.1, -0.05) is 0 Å². The van der Waals surface area contributed by atoms with Crippen molar-refractivity contribution in [2.75, 3.05) is 0 Å². The van der Waals surface area contributed by atoms with Gasteiger partial charge in [0.05, 0.1) is 5.56 Å². The number of hydrogen-bond donors (Lipinski definition) is 1. The Labute approximate surface area is 113 Å². The Bertz CT molecular complexity index is 730. The van der Waals surface area contributed by atoms with Crippen LogP contribution in [-0.2, 0) is 0 Å². The first-order chi connectivity index (χ1) is 9.75. The Kier molecular flexibility index (Phi) is 3.63. The molecule has 0 unspecified atom stereocenters. The molecule has 0 saturated carbocycles. The Hall–Kier alpha value is -2.51. The molecule has 21 heavy (non-hydrogen) atoms. The standard InChI is InChI=1S/C13H5F6NO/c14-6-2-1-4(13(20)21)3-5(6)7-8(15)10(17)12(19)11(18)9(7)16/h1-3H,(H2,20,21). The number of amides is 1. The average Bonchev–Trinajstić information content (AvgIpc) is 2.45. The second-order valence-electron chi connectivity index (χ2n) is 4.00. The highest BCUT2D eigenvalue weighted by atomic mass is 19.2. The molecule has 2 N–H and O–H groups in total. The molecule has 2 rings (SSSR count). The number of halogens is 6. The van der Waals surface area contributed by atoms with E-state index in [-0.39, 0.29) is 5.56 Å². The SMILES string of the molecule is NC(=O)c1ccc(F)c(-c2c(F)c(F)c(F)c(F)c2F)c1. The number of primary amides is 1. The van der Waals surface area contributed by atoms with Crippen molar-refractivity contribution in [1.29, 1.82) is 0 Å². The summed E-state index contributed by atoms with van der Waals surface area (Å²) in [6.45, 7) is 0. The first kappa shape index (κ1) is 14.9. The highest BCUT2D eigenvalue weighted by Crippen LogP contribution is 2.33. The minimum Gasteiger partial charge on any atom is -0.366 e. The van der Waals surface area contributed by atoms with Crippen molar-refractivity contribution in [2.24, 2.45) is 5.73 Å². The third-order valence-electron chi connectivity index (χ3n) is 2.73. The molecule has 0 aromatic heterocycles. The van der Waals surface area contributed by atoms with Gasteiger partial charge in [-0.05, 0) is 18.2 Å². The summed E-state index contributed by atoms with van der Waals surface area (Å²) in [6, 6.07) is 2.15. The summed E-state index contributed by atoms with van der Waals surface area (Å²) in [7, 11) is 0. The van der Waals surface area contributed by atoms with Crippen molar-refractivity contribution < 1.29 is 31.1 Å². The minimum absolute atomic E-state index is 0.352. The van der Waals surface area contributed by atoms with Gasteiger partial charge in [0.15, 0.2) is 23.3 Å². The van der Waals surface area contributed by atoms with Crippen molar-refractivity contribution in [3.63, 3.8) is 0 Å². The molecule has 0 heterocycles. The van der Waals surface area contributed by atoms with E-state index in [1.54, 1.807) is 0 Å². The predicted octanol–water partition coefficient (Wildman–Crippen LogP) is 3.29. The molecule has 0 spiro atoms. The van der Waals surface area contributed by atoms with E-state index in [0.717, 1.165) is 6.07 Å². The summed E-state index contributed by atoms with van der Waals surface area (Å²) >= 11 is 0.